The molecule has 2 heterocycles. The SMILES string of the molecule is Cc1ccc(-c2nc(CCNC(=O)c3sc(CC(C)C)nc3C)co2)cc1. The molecule has 0 unspecified atom stereocenters. The summed E-state index contributed by atoms with van der Waals surface area (Å²) in [7, 11) is 0. The summed E-state index contributed by atoms with van der Waals surface area (Å²) in [5.41, 5.74) is 3.78. The molecule has 6 heteroatoms. The molecular weight excluding hydrogens is 358 g/mol. The molecule has 0 fully saturated rings. The van der Waals surface area contributed by atoms with Crippen LogP contribution in [0.15, 0.2) is 34.9 Å². The second-order valence-electron chi connectivity index (χ2n) is 7.14. The van der Waals surface area contributed by atoms with Gasteiger partial charge in [0.25, 0.3) is 5.91 Å². The van der Waals surface area contributed by atoms with Crippen LogP contribution in [0.2, 0.25) is 0 Å². The summed E-state index contributed by atoms with van der Waals surface area (Å²) in [5, 5.41) is 3.98. The lowest BCUT2D eigenvalue weighted by Crippen LogP contribution is -2.25. The molecule has 3 aromatic rings. The molecule has 3 rings (SSSR count). The number of aryl methyl sites for hydroxylation is 2. The molecule has 5 nitrogen and oxygen atoms in total. The molecule has 0 radical (unpaired) electrons. The number of oxazole rings is 1. The van der Waals surface area contributed by atoms with Crippen molar-refractivity contribution in [2.24, 2.45) is 5.92 Å². The average molecular weight is 384 g/mol. The van der Waals surface area contributed by atoms with E-state index in [0.29, 0.717) is 29.7 Å². The maximum absolute atomic E-state index is 12.4. The van der Waals surface area contributed by atoms with E-state index in [1.54, 1.807) is 6.26 Å². The number of nitrogens with one attached hydrogen (secondary N) is 1. The Bertz CT molecular complexity index is 910. The molecule has 0 spiro atoms. The van der Waals surface area contributed by atoms with Crippen LogP contribution in [0.3, 0.4) is 0 Å². The van der Waals surface area contributed by atoms with Gasteiger partial charge in [0.2, 0.25) is 5.89 Å². The summed E-state index contributed by atoms with van der Waals surface area (Å²) in [6.45, 7) is 8.75. The van der Waals surface area contributed by atoms with Crippen LogP contribution in [0.1, 0.15) is 45.5 Å². The summed E-state index contributed by atoms with van der Waals surface area (Å²) < 4.78 is 5.56. The van der Waals surface area contributed by atoms with Crippen molar-refractivity contribution in [2.75, 3.05) is 6.54 Å². The fourth-order valence-electron chi connectivity index (χ4n) is 2.73. The van der Waals surface area contributed by atoms with E-state index in [0.717, 1.165) is 28.4 Å². The minimum Gasteiger partial charge on any atom is -0.444 e. The van der Waals surface area contributed by atoms with E-state index in [4.69, 9.17) is 4.42 Å². The first-order valence-electron chi connectivity index (χ1n) is 9.18. The van der Waals surface area contributed by atoms with E-state index >= 15 is 0 Å². The van der Waals surface area contributed by atoms with Crippen LogP contribution in [-0.4, -0.2) is 22.4 Å². The second-order valence-corrected chi connectivity index (χ2v) is 8.22. The van der Waals surface area contributed by atoms with Gasteiger partial charge in [-0.3, -0.25) is 4.79 Å². The van der Waals surface area contributed by atoms with Crippen LogP contribution in [0.4, 0.5) is 0 Å². The third-order valence-electron chi connectivity index (χ3n) is 4.15. The van der Waals surface area contributed by atoms with Crippen LogP contribution >= 0.6 is 11.3 Å². The highest BCUT2D eigenvalue weighted by Crippen LogP contribution is 2.21. The van der Waals surface area contributed by atoms with Crippen LogP contribution in [0.25, 0.3) is 11.5 Å². The average Bonchev–Trinajstić information content (AvgIpc) is 3.22. The zero-order chi connectivity index (χ0) is 19.4. The van der Waals surface area contributed by atoms with Gasteiger partial charge in [0.05, 0.1) is 16.4 Å². The summed E-state index contributed by atoms with van der Waals surface area (Å²) in [5.74, 6) is 1.07. The topological polar surface area (TPSA) is 68.0 Å². The first kappa shape index (κ1) is 19.3. The first-order chi connectivity index (χ1) is 12.9. The third kappa shape index (κ3) is 5.04. The van der Waals surface area contributed by atoms with E-state index in [2.05, 4.69) is 29.1 Å². The molecule has 2 aromatic heterocycles. The molecule has 0 bridgehead atoms. The van der Waals surface area contributed by atoms with E-state index in [-0.39, 0.29) is 5.91 Å². The number of aromatic nitrogens is 2. The minimum absolute atomic E-state index is 0.0674. The predicted octanol–water partition coefficient (Wildman–Crippen LogP) is 4.59. The Hall–Kier alpha value is -2.47. The molecule has 1 amide bonds. The molecule has 142 valence electrons. The Labute approximate surface area is 163 Å². The number of rotatable bonds is 7. The monoisotopic (exact) mass is 383 g/mol. The van der Waals surface area contributed by atoms with Crippen molar-refractivity contribution in [3.63, 3.8) is 0 Å². The highest BCUT2D eigenvalue weighted by Gasteiger charge is 2.16. The van der Waals surface area contributed by atoms with Gasteiger partial charge in [-0.25, -0.2) is 9.97 Å². The lowest BCUT2D eigenvalue weighted by Gasteiger charge is -2.02. The molecule has 1 N–H and O–H groups in total. The molecule has 0 saturated heterocycles. The molecule has 0 aliphatic rings. The zero-order valence-electron chi connectivity index (χ0n) is 16.2. The molecule has 0 saturated carbocycles. The molecule has 27 heavy (non-hydrogen) atoms. The Morgan fingerprint density at radius 2 is 1.93 bits per heavy atom. The Morgan fingerprint density at radius 3 is 2.63 bits per heavy atom. The van der Waals surface area contributed by atoms with Crippen LogP contribution in [0.5, 0.6) is 0 Å². The fourth-order valence-corrected chi connectivity index (χ4v) is 3.93. The van der Waals surface area contributed by atoms with E-state index in [9.17, 15) is 4.79 Å². The highest BCUT2D eigenvalue weighted by atomic mass is 32.1. The van der Waals surface area contributed by atoms with Crippen molar-refractivity contribution in [1.29, 1.82) is 0 Å². The first-order valence-corrected chi connectivity index (χ1v) is 10.00. The van der Waals surface area contributed by atoms with Crippen LogP contribution in [-0.2, 0) is 12.8 Å². The number of benzene rings is 1. The minimum atomic E-state index is -0.0674. The summed E-state index contributed by atoms with van der Waals surface area (Å²) in [6, 6.07) is 8.05. The van der Waals surface area contributed by atoms with E-state index < -0.39 is 0 Å². The lowest BCUT2D eigenvalue weighted by atomic mass is 10.1. The van der Waals surface area contributed by atoms with Gasteiger partial charge in [0, 0.05) is 24.9 Å². The summed E-state index contributed by atoms with van der Waals surface area (Å²) >= 11 is 1.49. The lowest BCUT2D eigenvalue weighted by molar-refractivity contribution is 0.0957. The van der Waals surface area contributed by atoms with E-state index in [1.165, 1.54) is 16.9 Å². The highest BCUT2D eigenvalue weighted by molar-refractivity contribution is 7.13. The van der Waals surface area contributed by atoms with Crippen molar-refractivity contribution < 1.29 is 9.21 Å². The number of nitrogens with zero attached hydrogens (tertiary/aromatic N) is 2. The molecular formula is C21H25N3O2S. The van der Waals surface area contributed by atoms with Crippen LogP contribution in [0, 0.1) is 19.8 Å². The van der Waals surface area contributed by atoms with Gasteiger partial charge in [0.15, 0.2) is 0 Å². The van der Waals surface area contributed by atoms with Crippen molar-refractivity contribution in [3.8, 4) is 11.5 Å². The standard InChI is InChI=1S/C21H25N3O2S/c1-13(2)11-18-23-15(4)19(27-18)20(25)22-10-9-17-12-26-21(24-17)16-7-5-14(3)6-8-16/h5-8,12-13H,9-11H2,1-4H3,(H,22,25). The van der Waals surface area contributed by atoms with Gasteiger partial charge < -0.3 is 9.73 Å². The van der Waals surface area contributed by atoms with Crippen molar-refractivity contribution in [1.82, 2.24) is 15.3 Å². The molecule has 0 aliphatic heterocycles. The number of carbonyl (C=O) groups is 1. The summed E-state index contributed by atoms with van der Waals surface area (Å²) in [4.78, 5) is 22.1. The third-order valence-corrected chi connectivity index (χ3v) is 5.33. The number of amides is 1. The normalized spacial score (nSPS) is 11.1. The molecule has 1 aromatic carbocycles. The Kier molecular flexibility index (Phi) is 6.06. The van der Waals surface area contributed by atoms with Gasteiger partial charge in [-0.15, -0.1) is 11.3 Å². The second kappa shape index (κ2) is 8.48. The number of carbonyl (C=O) groups excluding carboxylic acids is 1. The van der Waals surface area contributed by atoms with Gasteiger partial charge in [-0.2, -0.15) is 0 Å². The predicted molar refractivity (Wildman–Crippen MR) is 108 cm³/mol. The van der Waals surface area contributed by atoms with E-state index in [1.807, 2.05) is 38.1 Å². The number of hydrogen-bond acceptors (Lipinski definition) is 5. The van der Waals surface area contributed by atoms with Gasteiger partial charge >= 0.3 is 0 Å². The smallest absolute Gasteiger partial charge is 0.263 e. The van der Waals surface area contributed by atoms with Gasteiger partial charge in [-0.05, 0) is 31.9 Å². The largest absolute Gasteiger partial charge is 0.444 e. The fraction of sp³-hybridized carbons (Fsp3) is 0.381. The zero-order valence-corrected chi connectivity index (χ0v) is 17.0. The van der Waals surface area contributed by atoms with Crippen molar-refractivity contribution in [2.45, 2.75) is 40.5 Å². The quantitative estimate of drug-likeness (QED) is 0.648. The maximum atomic E-state index is 12.4. The number of hydrogen-bond donors (Lipinski definition) is 1. The maximum Gasteiger partial charge on any atom is 0.263 e. The van der Waals surface area contributed by atoms with Gasteiger partial charge in [0.1, 0.15) is 11.1 Å². The van der Waals surface area contributed by atoms with Crippen molar-refractivity contribution in [3.05, 3.63) is 57.4 Å². The summed E-state index contributed by atoms with van der Waals surface area (Å²) in [6.07, 6.45) is 3.18. The Morgan fingerprint density at radius 1 is 1.19 bits per heavy atom. The van der Waals surface area contributed by atoms with Crippen molar-refractivity contribution >= 4 is 17.2 Å². The van der Waals surface area contributed by atoms with Crippen LogP contribution < -0.4 is 5.32 Å². The molecule has 0 atom stereocenters. The van der Waals surface area contributed by atoms with Gasteiger partial charge in [-0.1, -0.05) is 31.5 Å². The Balaban J connectivity index is 1.55. The number of thiazole rings is 1. The molecule has 0 aliphatic carbocycles.